The van der Waals surface area contributed by atoms with E-state index < -0.39 is 17.9 Å². The highest BCUT2D eigenvalue weighted by molar-refractivity contribution is 5.42. The highest BCUT2D eigenvalue weighted by Crippen LogP contribution is 2.34. The number of hydrogen-bond acceptors (Lipinski definition) is 2. The number of nitrogens with two attached hydrogens (primary N) is 1. The maximum absolute atomic E-state index is 13.7. The second kappa shape index (κ2) is 5.36. The average Bonchev–Trinajstić information content (AvgIpc) is 2.35. The molecule has 1 fully saturated rings. The van der Waals surface area contributed by atoms with Crippen LogP contribution in [0.3, 0.4) is 0 Å². The number of nitrogens with zero attached hydrogens (tertiary/aromatic N) is 1. The highest BCUT2D eigenvalue weighted by Gasteiger charge is 2.40. The fraction of sp³-hybridized carbons (Fsp3) is 0.538. The first-order valence-corrected chi connectivity index (χ1v) is 6.20. The molecule has 0 saturated carbocycles. The van der Waals surface area contributed by atoms with Gasteiger partial charge in [0.2, 0.25) is 0 Å². The van der Waals surface area contributed by atoms with Gasteiger partial charge >= 0.3 is 6.18 Å². The van der Waals surface area contributed by atoms with E-state index in [4.69, 9.17) is 5.73 Å². The number of piperidine rings is 1. The number of anilines is 1. The molecule has 0 aliphatic carbocycles. The van der Waals surface area contributed by atoms with Crippen molar-refractivity contribution < 1.29 is 17.6 Å². The third-order valence-corrected chi connectivity index (χ3v) is 3.55. The van der Waals surface area contributed by atoms with Gasteiger partial charge in [-0.3, -0.25) is 4.90 Å². The Morgan fingerprint density at radius 1 is 1.21 bits per heavy atom. The third kappa shape index (κ3) is 3.37. The largest absolute Gasteiger partial charge is 0.396 e. The summed E-state index contributed by atoms with van der Waals surface area (Å²) in [7, 11) is 0. The van der Waals surface area contributed by atoms with Crippen LogP contribution in [0.15, 0.2) is 18.2 Å². The molecule has 0 radical (unpaired) electrons. The van der Waals surface area contributed by atoms with Gasteiger partial charge in [0.05, 0.1) is 11.6 Å². The van der Waals surface area contributed by atoms with Gasteiger partial charge in [-0.2, -0.15) is 13.2 Å². The Hall–Kier alpha value is -1.30. The second-order valence-electron chi connectivity index (χ2n) is 4.91. The van der Waals surface area contributed by atoms with E-state index in [9.17, 15) is 17.6 Å². The SMILES string of the molecule is Nc1cccc(CN2CCC(C(F)(F)F)CC2)c1F. The maximum atomic E-state index is 13.7. The van der Waals surface area contributed by atoms with E-state index in [0.717, 1.165) is 0 Å². The minimum atomic E-state index is -4.12. The van der Waals surface area contributed by atoms with Crippen molar-refractivity contribution in [3.8, 4) is 0 Å². The zero-order valence-corrected chi connectivity index (χ0v) is 10.4. The van der Waals surface area contributed by atoms with Crippen LogP contribution in [0.25, 0.3) is 0 Å². The molecule has 2 N–H and O–H groups in total. The molecule has 0 unspecified atom stereocenters. The summed E-state index contributed by atoms with van der Waals surface area (Å²) in [6.45, 7) is 0.971. The van der Waals surface area contributed by atoms with Crippen molar-refractivity contribution >= 4 is 5.69 Å². The first-order valence-electron chi connectivity index (χ1n) is 6.20. The van der Waals surface area contributed by atoms with E-state index in [1.54, 1.807) is 12.1 Å². The van der Waals surface area contributed by atoms with Gasteiger partial charge in [0, 0.05) is 12.1 Å². The quantitative estimate of drug-likeness (QED) is 0.664. The van der Waals surface area contributed by atoms with Crippen molar-refractivity contribution in [2.75, 3.05) is 18.8 Å². The Kier molecular flexibility index (Phi) is 3.99. The molecule has 1 saturated heterocycles. The lowest BCUT2D eigenvalue weighted by Gasteiger charge is -2.32. The Labute approximate surface area is 109 Å². The topological polar surface area (TPSA) is 29.3 Å². The minimum absolute atomic E-state index is 0.0719. The van der Waals surface area contributed by atoms with Crippen molar-refractivity contribution in [3.05, 3.63) is 29.6 Å². The molecule has 0 atom stereocenters. The highest BCUT2D eigenvalue weighted by atomic mass is 19.4. The molecule has 0 aromatic heterocycles. The number of halogens is 4. The van der Waals surface area contributed by atoms with Crippen LogP contribution in [0, 0.1) is 11.7 Å². The van der Waals surface area contributed by atoms with Gasteiger partial charge in [-0.05, 0) is 32.0 Å². The average molecular weight is 276 g/mol. The monoisotopic (exact) mass is 276 g/mol. The third-order valence-electron chi connectivity index (χ3n) is 3.55. The molecular formula is C13H16F4N2. The lowest BCUT2D eigenvalue weighted by Crippen LogP contribution is -2.38. The van der Waals surface area contributed by atoms with Crippen LogP contribution in [0.5, 0.6) is 0 Å². The standard InChI is InChI=1S/C13H16F4N2/c14-12-9(2-1-3-11(12)18)8-19-6-4-10(5-7-19)13(15,16)17/h1-3,10H,4-8,18H2. The molecule has 2 rings (SSSR count). The fourth-order valence-electron chi connectivity index (χ4n) is 2.38. The number of hydrogen-bond donors (Lipinski definition) is 1. The van der Waals surface area contributed by atoms with Gasteiger partial charge in [-0.15, -0.1) is 0 Å². The van der Waals surface area contributed by atoms with Gasteiger partial charge in [0.25, 0.3) is 0 Å². The Morgan fingerprint density at radius 2 is 1.84 bits per heavy atom. The first-order chi connectivity index (χ1) is 8.88. The normalized spacial score (nSPS) is 18.7. The molecule has 0 bridgehead atoms. The van der Waals surface area contributed by atoms with Crippen LogP contribution < -0.4 is 5.73 Å². The number of likely N-dealkylation sites (tertiary alicyclic amines) is 1. The molecule has 0 spiro atoms. The molecule has 2 nitrogen and oxygen atoms in total. The molecule has 1 aliphatic rings. The zero-order valence-electron chi connectivity index (χ0n) is 10.4. The van der Waals surface area contributed by atoms with Crippen LogP contribution in [0.1, 0.15) is 18.4 Å². The van der Waals surface area contributed by atoms with Crippen LogP contribution >= 0.6 is 0 Å². The number of benzene rings is 1. The number of nitrogen functional groups attached to an aromatic ring is 1. The van der Waals surface area contributed by atoms with Crippen LogP contribution in [-0.4, -0.2) is 24.2 Å². The predicted octanol–water partition coefficient (Wildman–Crippen LogP) is 3.18. The van der Waals surface area contributed by atoms with E-state index >= 15 is 0 Å². The summed E-state index contributed by atoms with van der Waals surface area (Å²) in [6.07, 6.45) is -3.96. The molecule has 1 aromatic carbocycles. The zero-order chi connectivity index (χ0) is 14.0. The summed E-state index contributed by atoms with van der Waals surface area (Å²) < 4.78 is 51.2. The van der Waals surface area contributed by atoms with Gasteiger partial charge in [-0.1, -0.05) is 12.1 Å². The van der Waals surface area contributed by atoms with Crippen LogP contribution in [-0.2, 0) is 6.54 Å². The van der Waals surface area contributed by atoms with Crippen molar-refractivity contribution in [2.45, 2.75) is 25.6 Å². The second-order valence-corrected chi connectivity index (χ2v) is 4.91. The summed E-state index contributed by atoms with van der Waals surface area (Å²) in [5.41, 5.74) is 5.97. The molecule has 1 aromatic rings. The summed E-state index contributed by atoms with van der Waals surface area (Å²) in [5.74, 6) is -1.70. The van der Waals surface area contributed by atoms with Crippen molar-refractivity contribution in [3.63, 3.8) is 0 Å². The van der Waals surface area contributed by atoms with E-state index in [0.29, 0.717) is 25.2 Å². The van der Waals surface area contributed by atoms with Crippen LogP contribution in [0.4, 0.5) is 23.2 Å². The summed E-state index contributed by atoms with van der Waals surface area (Å²) in [5, 5.41) is 0. The Balaban J connectivity index is 1.94. The van der Waals surface area contributed by atoms with E-state index in [-0.39, 0.29) is 18.5 Å². The lowest BCUT2D eigenvalue weighted by molar-refractivity contribution is -0.185. The van der Waals surface area contributed by atoms with Gasteiger partial charge in [0.1, 0.15) is 0 Å². The molecule has 1 aliphatic heterocycles. The number of alkyl halides is 3. The van der Waals surface area contributed by atoms with E-state index in [1.165, 1.54) is 6.07 Å². The molecule has 0 amide bonds. The lowest BCUT2D eigenvalue weighted by atomic mass is 9.96. The minimum Gasteiger partial charge on any atom is -0.396 e. The Bertz CT molecular complexity index is 437. The van der Waals surface area contributed by atoms with E-state index in [1.807, 2.05) is 4.90 Å². The number of rotatable bonds is 2. The maximum Gasteiger partial charge on any atom is 0.391 e. The molecule has 106 valence electrons. The fourth-order valence-corrected chi connectivity index (χ4v) is 2.38. The summed E-state index contributed by atoms with van der Waals surface area (Å²) in [6, 6.07) is 4.73. The molecular weight excluding hydrogens is 260 g/mol. The van der Waals surface area contributed by atoms with E-state index in [2.05, 4.69) is 0 Å². The molecule has 19 heavy (non-hydrogen) atoms. The predicted molar refractivity (Wildman–Crippen MR) is 64.9 cm³/mol. The Morgan fingerprint density at radius 3 is 2.42 bits per heavy atom. The van der Waals surface area contributed by atoms with Crippen LogP contribution in [0.2, 0.25) is 0 Å². The first kappa shape index (κ1) is 14.1. The van der Waals surface area contributed by atoms with Gasteiger partial charge in [0.15, 0.2) is 5.82 Å². The van der Waals surface area contributed by atoms with Crippen molar-refractivity contribution in [2.24, 2.45) is 5.92 Å². The molecule has 6 heteroatoms. The smallest absolute Gasteiger partial charge is 0.391 e. The summed E-state index contributed by atoms with van der Waals surface area (Å²) >= 11 is 0. The van der Waals surface area contributed by atoms with Crippen molar-refractivity contribution in [1.29, 1.82) is 0 Å². The van der Waals surface area contributed by atoms with Gasteiger partial charge < -0.3 is 5.73 Å². The summed E-state index contributed by atoms with van der Waals surface area (Å²) in [4.78, 5) is 1.83. The van der Waals surface area contributed by atoms with Gasteiger partial charge in [-0.25, -0.2) is 4.39 Å². The molecule has 1 heterocycles. The van der Waals surface area contributed by atoms with Crippen molar-refractivity contribution in [1.82, 2.24) is 4.90 Å².